The largest absolute Gasteiger partial charge is 0.507 e. The first kappa shape index (κ1) is 11.0. The van der Waals surface area contributed by atoms with Crippen LogP contribution in [0.15, 0.2) is 12.1 Å². The number of aliphatic hydroxyl groups excluding tert-OH is 1. The van der Waals surface area contributed by atoms with Crippen LogP contribution in [-0.2, 0) is 0 Å². The van der Waals surface area contributed by atoms with Crippen LogP contribution in [0, 0.1) is 13.8 Å². The highest BCUT2D eigenvalue weighted by Gasteiger charge is 2.17. The molecule has 2 atom stereocenters. The zero-order valence-corrected chi connectivity index (χ0v) is 8.78. The van der Waals surface area contributed by atoms with Crippen LogP contribution < -0.4 is 5.73 Å². The Morgan fingerprint density at radius 3 is 2.36 bits per heavy atom. The van der Waals surface area contributed by atoms with Crippen molar-refractivity contribution in [1.82, 2.24) is 0 Å². The van der Waals surface area contributed by atoms with Gasteiger partial charge in [-0.2, -0.15) is 0 Å². The van der Waals surface area contributed by atoms with Gasteiger partial charge in [0, 0.05) is 5.56 Å². The first-order valence-corrected chi connectivity index (χ1v) is 4.68. The lowest BCUT2D eigenvalue weighted by atomic mass is 9.97. The molecule has 0 amide bonds. The van der Waals surface area contributed by atoms with Crippen molar-refractivity contribution in [3.8, 4) is 5.75 Å². The van der Waals surface area contributed by atoms with Gasteiger partial charge in [-0.1, -0.05) is 12.1 Å². The minimum Gasteiger partial charge on any atom is -0.507 e. The molecule has 4 N–H and O–H groups in total. The van der Waals surface area contributed by atoms with Gasteiger partial charge in [0.25, 0.3) is 0 Å². The summed E-state index contributed by atoms with van der Waals surface area (Å²) in [6.07, 6.45) is -0.664. The van der Waals surface area contributed by atoms with Gasteiger partial charge in [-0.15, -0.1) is 0 Å². The van der Waals surface area contributed by atoms with E-state index in [4.69, 9.17) is 5.73 Å². The van der Waals surface area contributed by atoms with Crippen LogP contribution in [0.2, 0.25) is 0 Å². The Morgan fingerprint density at radius 2 is 1.86 bits per heavy atom. The second kappa shape index (κ2) is 3.98. The lowest BCUT2D eigenvalue weighted by molar-refractivity contribution is 0.163. The van der Waals surface area contributed by atoms with Crippen molar-refractivity contribution in [2.24, 2.45) is 5.73 Å². The highest BCUT2D eigenvalue weighted by Crippen LogP contribution is 2.29. The van der Waals surface area contributed by atoms with E-state index in [0.29, 0.717) is 5.56 Å². The molecule has 78 valence electrons. The molecule has 0 aliphatic carbocycles. The van der Waals surface area contributed by atoms with Crippen LogP contribution in [0.5, 0.6) is 5.75 Å². The van der Waals surface area contributed by atoms with Crippen LogP contribution in [0.1, 0.15) is 29.7 Å². The third kappa shape index (κ3) is 1.89. The minimum atomic E-state index is -0.664. The van der Waals surface area contributed by atoms with E-state index >= 15 is 0 Å². The molecule has 0 aliphatic heterocycles. The fourth-order valence-electron chi connectivity index (χ4n) is 1.35. The molecule has 0 spiro atoms. The number of phenolic OH excluding ortho intramolecular Hbond substituents is 1. The molecule has 0 radical (unpaired) electrons. The third-order valence-electron chi connectivity index (χ3n) is 2.61. The number of nitrogens with two attached hydrogens (primary N) is 1. The van der Waals surface area contributed by atoms with Gasteiger partial charge in [0.2, 0.25) is 0 Å². The summed E-state index contributed by atoms with van der Waals surface area (Å²) in [6, 6.07) is 3.12. The summed E-state index contributed by atoms with van der Waals surface area (Å²) in [4.78, 5) is 0. The Morgan fingerprint density at radius 1 is 1.29 bits per heavy atom. The fourth-order valence-corrected chi connectivity index (χ4v) is 1.35. The number of hydrogen-bond donors (Lipinski definition) is 3. The standard InChI is InChI=1S/C11H17NO2/c1-6-4-5-9(10(12)8(3)13)11(14)7(6)2/h4-5,8,10,13-14H,12H2,1-3H3/t8?,10-/m0/s1. The van der Waals surface area contributed by atoms with Crippen molar-refractivity contribution in [3.63, 3.8) is 0 Å². The normalized spacial score (nSPS) is 15.2. The van der Waals surface area contributed by atoms with E-state index in [1.807, 2.05) is 19.9 Å². The number of aromatic hydroxyl groups is 1. The summed E-state index contributed by atoms with van der Waals surface area (Å²) >= 11 is 0. The molecule has 0 aromatic heterocycles. The molecule has 0 fully saturated rings. The van der Waals surface area contributed by atoms with Crippen molar-refractivity contribution in [2.75, 3.05) is 0 Å². The molecule has 0 saturated carbocycles. The van der Waals surface area contributed by atoms with Crippen molar-refractivity contribution >= 4 is 0 Å². The van der Waals surface area contributed by atoms with Crippen LogP contribution in [0.3, 0.4) is 0 Å². The second-order valence-electron chi connectivity index (χ2n) is 3.71. The number of aryl methyl sites for hydroxylation is 1. The quantitative estimate of drug-likeness (QED) is 0.668. The van der Waals surface area contributed by atoms with Crippen LogP contribution >= 0.6 is 0 Å². The molecule has 0 aliphatic rings. The van der Waals surface area contributed by atoms with Gasteiger partial charge >= 0.3 is 0 Å². The zero-order valence-electron chi connectivity index (χ0n) is 8.78. The average Bonchev–Trinajstić information content (AvgIpc) is 2.13. The Kier molecular flexibility index (Phi) is 3.13. The smallest absolute Gasteiger partial charge is 0.123 e. The lowest BCUT2D eigenvalue weighted by Gasteiger charge is -2.18. The molecule has 0 saturated heterocycles. The van der Waals surface area contributed by atoms with Crippen molar-refractivity contribution < 1.29 is 10.2 Å². The van der Waals surface area contributed by atoms with E-state index in [9.17, 15) is 10.2 Å². The first-order chi connectivity index (χ1) is 6.45. The summed E-state index contributed by atoms with van der Waals surface area (Å²) in [5.41, 5.74) is 8.18. The highest BCUT2D eigenvalue weighted by atomic mass is 16.3. The molecule has 3 nitrogen and oxygen atoms in total. The molecular formula is C11H17NO2. The van der Waals surface area contributed by atoms with Crippen molar-refractivity contribution in [2.45, 2.75) is 32.9 Å². The maximum absolute atomic E-state index is 9.81. The highest BCUT2D eigenvalue weighted by molar-refractivity contribution is 5.45. The minimum absolute atomic E-state index is 0.193. The van der Waals surface area contributed by atoms with E-state index in [-0.39, 0.29) is 5.75 Å². The van der Waals surface area contributed by atoms with Crippen LogP contribution in [-0.4, -0.2) is 16.3 Å². The van der Waals surface area contributed by atoms with E-state index < -0.39 is 12.1 Å². The Bertz CT molecular complexity index is 334. The SMILES string of the molecule is Cc1ccc([C@@H](N)C(C)O)c(O)c1C. The molecular weight excluding hydrogens is 178 g/mol. The molecule has 1 aromatic rings. The predicted molar refractivity (Wildman–Crippen MR) is 56.2 cm³/mol. The molecule has 1 aromatic carbocycles. The maximum atomic E-state index is 9.81. The fraction of sp³-hybridized carbons (Fsp3) is 0.455. The summed E-state index contributed by atoms with van der Waals surface area (Å²) < 4.78 is 0. The van der Waals surface area contributed by atoms with Gasteiger partial charge in [0.15, 0.2) is 0 Å². The van der Waals surface area contributed by atoms with Crippen molar-refractivity contribution in [1.29, 1.82) is 0 Å². The lowest BCUT2D eigenvalue weighted by Crippen LogP contribution is -2.23. The summed E-state index contributed by atoms with van der Waals surface area (Å²) in [5, 5.41) is 19.1. The van der Waals surface area contributed by atoms with E-state index in [1.54, 1.807) is 13.0 Å². The number of benzene rings is 1. The first-order valence-electron chi connectivity index (χ1n) is 4.68. The van der Waals surface area contributed by atoms with E-state index in [2.05, 4.69) is 0 Å². The van der Waals surface area contributed by atoms with Gasteiger partial charge in [-0.3, -0.25) is 0 Å². The Labute approximate surface area is 84.2 Å². The summed E-state index contributed by atoms with van der Waals surface area (Å²) in [5.74, 6) is 0.193. The van der Waals surface area contributed by atoms with Crippen LogP contribution in [0.25, 0.3) is 0 Å². The second-order valence-corrected chi connectivity index (χ2v) is 3.71. The Hall–Kier alpha value is -1.06. The number of rotatable bonds is 2. The van der Waals surface area contributed by atoms with Gasteiger partial charge in [-0.05, 0) is 31.9 Å². The Balaban J connectivity index is 3.17. The van der Waals surface area contributed by atoms with Gasteiger partial charge in [-0.25, -0.2) is 0 Å². The van der Waals surface area contributed by atoms with Gasteiger partial charge in [0.05, 0.1) is 12.1 Å². The molecule has 1 rings (SSSR count). The molecule has 3 heteroatoms. The van der Waals surface area contributed by atoms with Crippen LogP contribution in [0.4, 0.5) is 0 Å². The maximum Gasteiger partial charge on any atom is 0.123 e. The number of aliphatic hydroxyl groups is 1. The predicted octanol–water partition coefficient (Wildman–Crippen LogP) is 1.39. The number of hydrogen-bond acceptors (Lipinski definition) is 3. The van der Waals surface area contributed by atoms with Gasteiger partial charge < -0.3 is 15.9 Å². The van der Waals surface area contributed by atoms with E-state index in [0.717, 1.165) is 11.1 Å². The monoisotopic (exact) mass is 195 g/mol. The third-order valence-corrected chi connectivity index (χ3v) is 2.61. The topological polar surface area (TPSA) is 66.5 Å². The van der Waals surface area contributed by atoms with E-state index in [1.165, 1.54) is 0 Å². The number of phenols is 1. The molecule has 0 heterocycles. The molecule has 0 bridgehead atoms. The average molecular weight is 195 g/mol. The summed E-state index contributed by atoms with van der Waals surface area (Å²) in [7, 11) is 0. The van der Waals surface area contributed by atoms with Gasteiger partial charge in [0.1, 0.15) is 5.75 Å². The molecule has 14 heavy (non-hydrogen) atoms. The molecule has 1 unspecified atom stereocenters. The zero-order chi connectivity index (χ0) is 10.9. The van der Waals surface area contributed by atoms with Crippen molar-refractivity contribution in [3.05, 3.63) is 28.8 Å². The summed E-state index contributed by atoms with van der Waals surface area (Å²) in [6.45, 7) is 5.37.